The average Bonchev–Trinajstić information content (AvgIpc) is 3.44. The summed E-state index contributed by atoms with van der Waals surface area (Å²) in [4.78, 5) is 26.4. The number of aromatic nitrogens is 5. The minimum Gasteiger partial charge on any atom is -0.481 e. The van der Waals surface area contributed by atoms with E-state index in [9.17, 15) is 4.79 Å². The summed E-state index contributed by atoms with van der Waals surface area (Å²) in [5.74, 6) is 0.509. The van der Waals surface area contributed by atoms with Gasteiger partial charge in [0.2, 0.25) is 5.88 Å². The van der Waals surface area contributed by atoms with Crippen LogP contribution in [0, 0.1) is 0 Å². The molecule has 0 aromatic carbocycles. The minimum absolute atomic E-state index is 0.143. The Bertz CT molecular complexity index is 1360. The lowest BCUT2D eigenvalue weighted by Crippen LogP contribution is -2.24. The topological polar surface area (TPSA) is 87.2 Å². The molecule has 0 N–H and O–H groups in total. The predicted molar refractivity (Wildman–Crippen MR) is 113 cm³/mol. The molecule has 0 fully saturated rings. The van der Waals surface area contributed by atoms with Gasteiger partial charge in [-0.25, -0.2) is 14.6 Å². The van der Waals surface area contributed by atoms with E-state index in [1.807, 2.05) is 29.8 Å². The summed E-state index contributed by atoms with van der Waals surface area (Å²) in [5.41, 5.74) is 3.22. The van der Waals surface area contributed by atoms with E-state index < -0.39 is 0 Å². The quantitative estimate of drug-likeness (QED) is 0.508. The number of ether oxygens (including phenoxy) is 1. The van der Waals surface area contributed by atoms with Crippen molar-refractivity contribution in [3.8, 4) is 5.88 Å². The van der Waals surface area contributed by atoms with Crippen LogP contribution in [0.3, 0.4) is 0 Å². The number of rotatable bonds is 5. The second-order valence-corrected chi connectivity index (χ2v) is 7.89. The van der Waals surface area contributed by atoms with Crippen LogP contribution in [0.5, 0.6) is 5.88 Å². The maximum absolute atomic E-state index is 13.1. The summed E-state index contributed by atoms with van der Waals surface area (Å²) in [7, 11) is 3.44. The molecule has 0 unspecified atom stereocenters. The van der Waals surface area contributed by atoms with E-state index in [-0.39, 0.29) is 5.56 Å². The van der Waals surface area contributed by atoms with Crippen LogP contribution >= 0.6 is 11.3 Å². The highest BCUT2D eigenvalue weighted by Crippen LogP contribution is 2.31. The first-order valence-electron chi connectivity index (χ1n) is 9.17. The van der Waals surface area contributed by atoms with Crippen molar-refractivity contribution in [2.45, 2.75) is 13.0 Å². The zero-order valence-corrected chi connectivity index (χ0v) is 16.8. The highest BCUT2D eigenvalue weighted by Gasteiger charge is 2.19. The van der Waals surface area contributed by atoms with E-state index in [4.69, 9.17) is 9.72 Å². The van der Waals surface area contributed by atoms with Crippen LogP contribution in [0.1, 0.15) is 10.6 Å². The smallest absolute Gasteiger partial charge is 0.291 e. The number of thiazole rings is 1. The van der Waals surface area contributed by atoms with Crippen LogP contribution in [0.4, 0.5) is 0 Å². The third-order valence-corrected chi connectivity index (χ3v) is 6.03. The van der Waals surface area contributed by atoms with Gasteiger partial charge in [-0.05, 0) is 17.7 Å². The van der Waals surface area contributed by atoms with Crippen molar-refractivity contribution in [3.05, 3.63) is 57.6 Å². The van der Waals surface area contributed by atoms with Crippen LogP contribution in [-0.2, 0) is 20.0 Å². The van der Waals surface area contributed by atoms with Gasteiger partial charge >= 0.3 is 0 Å². The van der Waals surface area contributed by atoms with Crippen molar-refractivity contribution < 1.29 is 4.74 Å². The normalized spacial score (nSPS) is 13.5. The Morgan fingerprint density at radius 2 is 2.24 bits per heavy atom. The molecule has 0 bridgehead atoms. The number of fused-ring (bicyclic) bond motifs is 3. The Morgan fingerprint density at radius 1 is 1.34 bits per heavy atom. The SMILES string of the molecule is COc1cc(Cn2ncc3c4sc(CC5=NCC=C5)nc4n(C)c3c2=O)ccn1. The summed E-state index contributed by atoms with van der Waals surface area (Å²) in [5, 5.41) is 6.24. The fourth-order valence-electron chi connectivity index (χ4n) is 3.54. The Hall–Kier alpha value is -3.33. The fourth-order valence-corrected chi connectivity index (χ4v) is 4.66. The summed E-state index contributed by atoms with van der Waals surface area (Å²) >= 11 is 1.60. The number of allylic oxidation sites excluding steroid dienone is 1. The maximum Gasteiger partial charge on any atom is 0.291 e. The summed E-state index contributed by atoms with van der Waals surface area (Å²) in [6.07, 6.45) is 8.21. The van der Waals surface area contributed by atoms with E-state index in [2.05, 4.69) is 15.1 Å². The first-order chi connectivity index (χ1) is 14.1. The molecule has 29 heavy (non-hydrogen) atoms. The minimum atomic E-state index is -0.143. The monoisotopic (exact) mass is 406 g/mol. The Morgan fingerprint density at radius 3 is 3.03 bits per heavy atom. The van der Waals surface area contributed by atoms with Crippen molar-refractivity contribution in [3.63, 3.8) is 0 Å². The van der Waals surface area contributed by atoms with Gasteiger partial charge in [0.25, 0.3) is 5.56 Å². The number of pyridine rings is 1. The van der Waals surface area contributed by atoms with Crippen LogP contribution in [0.2, 0.25) is 0 Å². The molecule has 5 heterocycles. The molecule has 9 heteroatoms. The predicted octanol–water partition coefficient (Wildman–Crippen LogP) is 2.35. The van der Waals surface area contributed by atoms with Crippen LogP contribution in [0.15, 0.2) is 46.5 Å². The molecule has 4 aromatic heterocycles. The van der Waals surface area contributed by atoms with Gasteiger partial charge in [0.05, 0.1) is 31.1 Å². The third-order valence-electron chi connectivity index (χ3n) is 4.95. The van der Waals surface area contributed by atoms with Gasteiger partial charge < -0.3 is 9.30 Å². The lowest BCUT2D eigenvalue weighted by Gasteiger charge is -2.07. The van der Waals surface area contributed by atoms with Crippen molar-refractivity contribution >= 4 is 38.3 Å². The van der Waals surface area contributed by atoms with Gasteiger partial charge in [0, 0.05) is 36.8 Å². The summed E-state index contributed by atoms with van der Waals surface area (Å²) in [6, 6.07) is 3.65. The Kier molecular flexibility index (Phi) is 4.24. The number of methoxy groups -OCH3 is 1. The molecule has 0 saturated heterocycles. The van der Waals surface area contributed by atoms with Crippen molar-refractivity contribution in [2.75, 3.05) is 13.7 Å². The molecular formula is C20H18N6O2S. The lowest BCUT2D eigenvalue weighted by molar-refractivity contribution is 0.397. The molecule has 4 aromatic rings. The number of aryl methyl sites for hydroxylation is 1. The van der Waals surface area contributed by atoms with E-state index in [0.717, 1.165) is 38.6 Å². The Labute approximate surface area is 169 Å². The fraction of sp³-hybridized carbons (Fsp3) is 0.250. The van der Waals surface area contributed by atoms with Gasteiger partial charge in [-0.1, -0.05) is 6.08 Å². The molecule has 0 atom stereocenters. The van der Waals surface area contributed by atoms with Gasteiger partial charge in [-0.15, -0.1) is 11.3 Å². The third kappa shape index (κ3) is 3.03. The molecule has 0 spiro atoms. The van der Waals surface area contributed by atoms with E-state index in [1.165, 1.54) is 4.68 Å². The zero-order valence-electron chi connectivity index (χ0n) is 16.0. The Balaban J connectivity index is 1.55. The number of hydrogen-bond donors (Lipinski definition) is 0. The van der Waals surface area contributed by atoms with Gasteiger partial charge in [-0.2, -0.15) is 5.10 Å². The average molecular weight is 406 g/mol. The zero-order chi connectivity index (χ0) is 20.0. The molecule has 0 amide bonds. The molecule has 146 valence electrons. The molecule has 0 aliphatic carbocycles. The van der Waals surface area contributed by atoms with Gasteiger partial charge in [0.1, 0.15) is 10.5 Å². The number of aliphatic imine (C=N–C) groups is 1. The molecule has 5 rings (SSSR count). The highest BCUT2D eigenvalue weighted by molar-refractivity contribution is 7.19. The number of nitrogens with zero attached hydrogens (tertiary/aromatic N) is 6. The summed E-state index contributed by atoms with van der Waals surface area (Å²) in [6.45, 7) is 1.09. The second kappa shape index (κ2) is 6.93. The number of hydrogen-bond acceptors (Lipinski definition) is 7. The first-order valence-corrected chi connectivity index (χ1v) is 9.98. The van der Waals surface area contributed by atoms with E-state index >= 15 is 0 Å². The molecule has 1 aliphatic heterocycles. The van der Waals surface area contributed by atoms with Crippen molar-refractivity contribution in [1.82, 2.24) is 24.3 Å². The highest BCUT2D eigenvalue weighted by atomic mass is 32.1. The standard InChI is InChI=1S/C20H18N6O2S/c1-25-17-14(18-19(25)24-16(29-18)9-13-4-3-6-21-13)10-23-26(20(17)27)11-12-5-7-22-15(8-12)28-2/h3-5,7-8,10H,6,9,11H2,1-2H3. The lowest BCUT2D eigenvalue weighted by atomic mass is 10.2. The van der Waals surface area contributed by atoms with Crippen LogP contribution in [0.25, 0.3) is 21.3 Å². The molecule has 0 radical (unpaired) electrons. The first kappa shape index (κ1) is 17.7. The van der Waals surface area contributed by atoms with E-state index in [0.29, 0.717) is 24.4 Å². The molecule has 1 aliphatic rings. The summed E-state index contributed by atoms with van der Waals surface area (Å²) < 4.78 is 9.47. The molecule has 8 nitrogen and oxygen atoms in total. The van der Waals surface area contributed by atoms with Gasteiger partial charge in [-0.3, -0.25) is 9.79 Å². The van der Waals surface area contributed by atoms with E-state index in [1.54, 1.807) is 36.9 Å². The van der Waals surface area contributed by atoms with Crippen LogP contribution < -0.4 is 10.3 Å². The second-order valence-electron chi connectivity index (χ2n) is 6.81. The maximum atomic E-state index is 13.1. The molecule has 0 saturated carbocycles. The van der Waals surface area contributed by atoms with Crippen LogP contribution in [-0.4, -0.2) is 43.7 Å². The largest absolute Gasteiger partial charge is 0.481 e. The van der Waals surface area contributed by atoms with Crippen molar-refractivity contribution in [2.24, 2.45) is 12.0 Å². The van der Waals surface area contributed by atoms with Crippen molar-refractivity contribution in [1.29, 1.82) is 0 Å². The van der Waals surface area contributed by atoms with Gasteiger partial charge in [0.15, 0.2) is 5.65 Å². The molecular weight excluding hydrogens is 388 g/mol.